The van der Waals surface area contributed by atoms with Crippen molar-refractivity contribution in [2.45, 2.75) is 6.61 Å². The normalized spacial score (nSPS) is 11.2. The van der Waals surface area contributed by atoms with E-state index in [1.807, 2.05) is 18.2 Å². The highest BCUT2D eigenvalue weighted by atomic mass is 16.6. The Morgan fingerprint density at radius 2 is 1.84 bits per heavy atom. The molecule has 0 atom stereocenters. The van der Waals surface area contributed by atoms with Crippen molar-refractivity contribution in [2.24, 2.45) is 5.10 Å². The Balaban J connectivity index is 1.43. The summed E-state index contributed by atoms with van der Waals surface area (Å²) in [5, 5.41) is 27.0. The highest BCUT2D eigenvalue weighted by Crippen LogP contribution is 2.38. The molecule has 0 aliphatic rings. The molecule has 43 heavy (non-hydrogen) atoms. The number of hydrogen-bond acceptors (Lipinski definition) is 9. The van der Waals surface area contributed by atoms with E-state index >= 15 is 0 Å². The number of benzene rings is 4. The van der Waals surface area contributed by atoms with Crippen molar-refractivity contribution in [1.82, 2.24) is 9.66 Å². The molecule has 0 spiro atoms. The summed E-state index contributed by atoms with van der Waals surface area (Å²) >= 11 is 0. The number of ether oxygens (including phenoxy) is 2. The summed E-state index contributed by atoms with van der Waals surface area (Å²) in [4.78, 5) is 29.7. The van der Waals surface area contributed by atoms with Crippen molar-refractivity contribution in [3.05, 3.63) is 128 Å². The SMILES string of the molecule is COc1cc(C=Nn2c(-c3cc4ccccc4o3)nc3ccccc3c2=O)cc([N+](=O)[O-])c1OCc1ccccc1C#N. The lowest BCUT2D eigenvalue weighted by atomic mass is 10.1. The van der Waals surface area contributed by atoms with Gasteiger partial charge in [-0.15, -0.1) is 0 Å². The first-order valence-electron chi connectivity index (χ1n) is 13.0. The minimum atomic E-state index is -0.602. The number of rotatable bonds is 8. The molecule has 2 heterocycles. The van der Waals surface area contributed by atoms with Gasteiger partial charge in [-0.2, -0.15) is 15.0 Å². The summed E-state index contributed by atoms with van der Waals surface area (Å²) < 4.78 is 18.3. The number of methoxy groups -OCH3 is 1. The summed E-state index contributed by atoms with van der Waals surface area (Å²) in [5.74, 6) is 0.455. The maximum Gasteiger partial charge on any atom is 0.315 e. The molecule has 0 aliphatic carbocycles. The highest BCUT2D eigenvalue weighted by molar-refractivity contribution is 5.86. The second-order valence-corrected chi connectivity index (χ2v) is 9.35. The lowest BCUT2D eigenvalue weighted by molar-refractivity contribution is -0.386. The van der Waals surface area contributed by atoms with Gasteiger partial charge in [0.25, 0.3) is 5.56 Å². The van der Waals surface area contributed by atoms with E-state index in [4.69, 9.17) is 13.9 Å². The van der Waals surface area contributed by atoms with Crippen LogP contribution in [0.5, 0.6) is 11.5 Å². The molecule has 210 valence electrons. The average Bonchev–Trinajstić information content (AvgIpc) is 3.47. The molecule has 6 rings (SSSR count). The van der Waals surface area contributed by atoms with Crippen LogP contribution < -0.4 is 15.0 Å². The van der Waals surface area contributed by atoms with Crippen LogP contribution in [-0.2, 0) is 6.61 Å². The van der Waals surface area contributed by atoms with E-state index in [1.54, 1.807) is 60.7 Å². The zero-order chi connectivity index (χ0) is 29.9. The summed E-state index contributed by atoms with van der Waals surface area (Å²) in [6, 6.07) is 27.7. The molecular weight excluding hydrogens is 550 g/mol. The number of aromatic nitrogens is 2. The summed E-state index contributed by atoms with van der Waals surface area (Å²) in [6.07, 6.45) is 1.30. The summed E-state index contributed by atoms with van der Waals surface area (Å²) in [5.41, 5.74) is 1.47. The van der Waals surface area contributed by atoms with E-state index in [0.29, 0.717) is 33.4 Å². The lowest BCUT2D eigenvalue weighted by Crippen LogP contribution is -2.20. The van der Waals surface area contributed by atoms with E-state index in [9.17, 15) is 20.2 Å². The Kier molecular flexibility index (Phi) is 7.08. The maximum absolute atomic E-state index is 13.6. The van der Waals surface area contributed by atoms with Crippen molar-refractivity contribution >= 4 is 33.8 Å². The molecule has 0 saturated heterocycles. The van der Waals surface area contributed by atoms with Crippen molar-refractivity contribution in [3.8, 4) is 29.2 Å². The fourth-order valence-corrected chi connectivity index (χ4v) is 4.63. The lowest BCUT2D eigenvalue weighted by Gasteiger charge is -2.13. The minimum absolute atomic E-state index is 0.0755. The van der Waals surface area contributed by atoms with Crippen LogP contribution in [0, 0.1) is 21.4 Å². The maximum atomic E-state index is 13.6. The third-order valence-corrected chi connectivity index (χ3v) is 6.71. The van der Waals surface area contributed by atoms with Gasteiger partial charge in [-0.25, -0.2) is 4.98 Å². The van der Waals surface area contributed by atoms with Crippen molar-refractivity contribution in [1.29, 1.82) is 5.26 Å². The third-order valence-electron chi connectivity index (χ3n) is 6.71. The fraction of sp³-hybridized carbons (Fsp3) is 0.0625. The molecule has 0 amide bonds. The zero-order valence-corrected chi connectivity index (χ0v) is 22.6. The van der Waals surface area contributed by atoms with Gasteiger partial charge in [0, 0.05) is 22.6 Å². The Labute approximate surface area is 243 Å². The second kappa shape index (κ2) is 11.3. The molecule has 0 aliphatic heterocycles. The van der Waals surface area contributed by atoms with Crippen LogP contribution in [0.4, 0.5) is 5.69 Å². The number of nitriles is 1. The number of furan rings is 1. The quantitative estimate of drug-likeness (QED) is 0.122. The number of para-hydroxylation sites is 2. The molecule has 4 aromatic carbocycles. The first kappa shape index (κ1) is 26.9. The van der Waals surface area contributed by atoms with Crippen molar-refractivity contribution in [2.75, 3.05) is 7.11 Å². The van der Waals surface area contributed by atoms with E-state index in [-0.39, 0.29) is 35.2 Å². The van der Waals surface area contributed by atoms with E-state index in [1.165, 1.54) is 25.5 Å². The van der Waals surface area contributed by atoms with Gasteiger partial charge in [-0.3, -0.25) is 14.9 Å². The Bertz CT molecular complexity index is 2130. The van der Waals surface area contributed by atoms with Gasteiger partial charge in [0.2, 0.25) is 11.6 Å². The van der Waals surface area contributed by atoms with Crippen LogP contribution in [0.1, 0.15) is 16.7 Å². The van der Waals surface area contributed by atoms with Crippen LogP contribution in [0.2, 0.25) is 0 Å². The second-order valence-electron chi connectivity index (χ2n) is 9.35. The van der Waals surface area contributed by atoms with Crippen LogP contribution in [0.3, 0.4) is 0 Å². The van der Waals surface area contributed by atoms with E-state index < -0.39 is 10.5 Å². The average molecular weight is 572 g/mol. The first-order chi connectivity index (χ1) is 21.0. The number of nitro benzene ring substituents is 1. The summed E-state index contributed by atoms with van der Waals surface area (Å²) in [7, 11) is 1.35. The Morgan fingerprint density at radius 1 is 1.07 bits per heavy atom. The third kappa shape index (κ3) is 5.16. The number of nitro groups is 1. The van der Waals surface area contributed by atoms with Gasteiger partial charge >= 0.3 is 5.69 Å². The van der Waals surface area contributed by atoms with Crippen LogP contribution in [0.25, 0.3) is 33.5 Å². The molecule has 6 aromatic rings. The van der Waals surface area contributed by atoms with Crippen LogP contribution in [-0.4, -0.2) is 27.9 Å². The Hall–Kier alpha value is -6.28. The molecule has 11 nitrogen and oxygen atoms in total. The van der Waals surface area contributed by atoms with Crippen molar-refractivity contribution < 1.29 is 18.8 Å². The van der Waals surface area contributed by atoms with Gasteiger partial charge in [-0.05, 0) is 36.4 Å². The Morgan fingerprint density at radius 3 is 2.63 bits per heavy atom. The monoisotopic (exact) mass is 571 g/mol. The molecular formula is C32H21N5O6. The molecule has 0 saturated carbocycles. The molecule has 0 bridgehead atoms. The van der Waals surface area contributed by atoms with Gasteiger partial charge in [0.1, 0.15) is 12.2 Å². The van der Waals surface area contributed by atoms with Gasteiger partial charge in [0.15, 0.2) is 11.5 Å². The number of fused-ring (bicyclic) bond motifs is 2. The van der Waals surface area contributed by atoms with Gasteiger partial charge < -0.3 is 13.9 Å². The fourth-order valence-electron chi connectivity index (χ4n) is 4.63. The molecule has 2 aromatic heterocycles. The van der Waals surface area contributed by atoms with E-state index in [2.05, 4.69) is 16.2 Å². The molecule has 11 heteroatoms. The topological polar surface area (TPSA) is 146 Å². The standard InChI is InChI=1S/C32H21N5O6/c1-41-28-15-20(14-26(37(39)40)30(28)42-19-23-10-3-2-9-22(23)17-33)18-34-36-31(29-16-21-8-4-7-13-27(21)43-29)35-25-12-6-5-11-24(25)32(36)38/h2-16,18H,19H2,1H3. The first-order valence-corrected chi connectivity index (χ1v) is 13.0. The highest BCUT2D eigenvalue weighted by Gasteiger charge is 2.23. The predicted molar refractivity (Wildman–Crippen MR) is 159 cm³/mol. The van der Waals surface area contributed by atoms with E-state index in [0.717, 1.165) is 10.1 Å². The van der Waals surface area contributed by atoms with Crippen LogP contribution in [0.15, 0.2) is 105 Å². The van der Waals surface area contributed by atoms with Crippen LogP contribution >= 0.6 is 0 Å². The minimum Gasteiger partial charge on any atom is -0.493 e. The molecule has 0 N–H and O–H groups in total. The molecule has 0 radical (unpaired) electrons. The number of nitrogens with zero attached hydrogens (tertiary/aromatic N) is 5. The van der Waals surface area contributed by atoms with Crippen molar-refractivity contribution in [3.63, 3.8) is 0 Å². The largest absolute Gasteiger partial charge is 0.493 e. The molecule has 0 fully saturated rings. The molecule has 0 unspecified atom stereocenters. The van der Waals surface area contributed by atoms with Gasteiger partial charge in [0.05, 0.1) is 40.8 Å². The van der Waals surface area contributed by atoms with Gasteiger partial charge in [-0.1, -0.05) is 48.5 Å². The zero-order valence-electron chi connectivity index (χ0n) is 22.6. The summed E-state index contributed by atoms with van der Waals surface area (Å²) in [6.45, 7) is -0.0899. The smallest absolute Gasteiger partial charge is 0.315 e. The number of hydrogen-bond donors (Lipinski definition) is 0. The predicted octanol–water partition coefficient (Wildman–Crippen LogP) is 6.06.